The van der Waals surface area contributed by atoms with Crippen LogP contribution in [-0.2, 0) is 18.4 Å². The molecule has 2 aliphatic heterocycles. The lowest BCUT2D eigenvalue weighted by molar-refractivity contribution is -0.146. The molecule has 2 amide bonds. The summed E-state index contributed by atoms with van der Waals surface area (Å²) in [7, 11) is 1.71. The Labute approximate surface area is 161 Å². The van der Waals surface area contributed by atoms with Crippen molar-refractivity contribution in [3.05, 3.63) is 53.4 Å². The van der Waals surface area contributed by atoms with Crippen LogP contribution in [-0.4, -0.2) is 51.0 Å². The van der Waals surface area contributed by atoms with Gasteiger partial charge in [-0.3, -0.25) is 14.3 Å². The summed E-state index contributed by atoms with van der Waals surface area (Å²) in [6.07, 6.45) is 3.62. The van der Waals surface area contributed by atoms with Crippen molar-refractivity contribution >= 4 is 11.8 Å². The fourth-order valence-electron chi connectivity index (χ4n) is 4.35. The summed E-state index contributed by atoms with van der Waals surface area (Å²) in [5.41, 5.74) is 0.0150. The molecule has 0 radical (unpaired) electrons. The predicted molar refractivity (Wildman–Crippen MR) is 97.2 cm³/mol. The minimum absolute atomic E-state index is 0.0415. The van der Waals surface area contributed by atoms with Crippen molar-refractivity contribution in [2.75, 3.05) is 19.6 Å². The van der Waals surface area contributed by atoms with E-state index in [2.05, 4.69) is 5.10 Å². The average Bonchev–Trinajstić information content (AvgIpc) is 3.30. The number of likely N-dealkylation sites (tertiary alicyclic amines) is 2. The highest BCUT2D eigenvalue weighted by atomic mass is 19.2. The molecular formula is C20H22F2N4O2. The van der Waals surface area contributed by atoms with Crippen LogP contribution in [0, 0.1) is 17.0 Å². The molecule has 1 atom stereocenters. The molecule has 3 heterocycles. The number of benzene rings is 1. The molecule has 8 heteroatoms. The Hall–Kier alpha value is -2.77. The Kier molecular flexibility index (Phi) is 4.64. The summed E-state index contributed by atoms with van der Waals surface area (Å²) in [5.74, 6) is -2.04. The number of amides is 2. The van der Waals surface area contributed by atoms with E-state index in [0.717, 1.165) is 12.5 Å². The van der Waals surface area contributed by atoms with Crippen LogP contribution < -0.4 is 0 Å². The lowest BCUT2D eigenvalue weighted by Gasteiger charge is -2.39. The van der Waals surface area contributed by atoms with Gasteiger partial charge in [-0.25, -0.2) is 8.78 Å². The first-order valence-corrected chi connectivity index (χ1v) is 9.41. The van der Waals surface area contributed by atoms with Gasteiger partial charge in [-0.15, -0.1) is 0 Å². The number of hydrogen-bond donors (Lipinski definition) is 0. The van der Waals surface area contributed by atoms with Crippen LogP contribution in [0.5, 0.6) is 0 Å². The molecule has 0 N–H and O–H groups in total. The number of piperidine rings is 1. The van der Waals surface area contributed by atoms with Crippen LogP contribution in [0.2, 0.25) is 0 Å². The van der Waals surface area contributed by atoms with Gasteiger partial charge in [0, 0.05) is 45.0 Å². The Morgan fingerprint density at radius 3 is 2.79 bits per heavy atom. The normalized spacial score (nSPS) is 22.3. The fraction of sp³-hybridized carbons (Fsp3) is 0.450. The molecule has 2 aliphatic rings. The summed E-state index contributed by atoms with van der Waals surface area (Å²) in [4.78, 5) is 29.3. The van der Waals surface area contributed by atoms with E-state index < -0.39 is 17.0 Å². The van der Waals surface area contributed by atoms with E-state index in [9.17, 15) is 18.4 Å². The number of rotatable bonds is 3. The first kappa shape index (κ1) is 18.6. The van der Waals surface area contributed by atoms with Crippen LogP contribution in [0.15, 0.2) is 30.5 Å². The highest BCUT2D eigenvalue weighted by Crippen LogP contribution is 2.41. The second-order valence-electron chi connectivity index (χ2n) is 7.64. The van der Waals surface area contributed by atoms with E-state index in [1.54, 1.807) is 29.1 Å². The van der Waals surface area contributed by atoms with Crippen molar-refractivity contribution in [3.8, 4) is 0 Å². The summed E-state index contributed by atoms with van der Waals surface area (Å²) in [5, 5.41) is 4.03. The number of carbonyl (C=O) groups excluding carboxylic acids is 2. The quantitative estimate of drug-likeness (QED) is 0.811. The van der Waals surface area contributed by atoms with E-state index in [1.165, 1.54) is 16.8 Å². The van der Waals surface area contributed by atoms with Gasteiger partial charge in [-0.05, 0) is 31.4 Å². The largest absolute Gasteiger partial charge is 0.338 e. The number of nitrogens with zero attached hydrogens (tertiary/aromatic N) is 4. The minimum atomic E-state index is -0.912. The highest BCUT2D eigenvalue weighted by molar-refractivity contribution is 5.94. The minimum Gasteiger partial charge on any atom is -0.338 e. The van der Waals surface area contributed by atoms with Crippen LogP contribution >= 0.6 is 0 Å². The zero-order valence-electron chi connectivity index (χ0n) is 15.7. The van der Waals surface area contributed by atoms with Gasteiger partial charge < -0.3 is 9.80 Å². The van der Waals surface area contributed by atoms with Gasteiger partial charge in [0.15, 0.2) is 11.6 Å². The van der Waals surface area contributed by atoms with Crippen molar-refractivity contribution < 1.29 is 18.4 Å². The second kappa shape index (κ2) is 7.00. The standard InChI is InChI=1S/C20H22F2N4O2/c1-24-16(6-9-23-24)18(27)26-11-8-20(13-26)7-3-10-25(19(20)28)12-14-4-2-5-15(21)17(14)22/h2,4-6,9H,3,7-8,10-13H2,1H3/t20-/m1/s1. The van der Waals surface area contributed by atoms with Gasteiger partial charge in [0.2, 0.25) is 5.91 Å². The monoisotopic (exact) mass is 388 g/mol. The third kappa shape index (κ3) is 3.06. The predicted octanol–water partition coefficient (Wildman–Crippen LogP) is 2.35. The van der Waals surface area contributed by atoms with Crippen LogP contribution in [0.4, 0.5) is 8.78 Å². The molecule has 0 saturated carbocycles. The molecular weight excluding hydrogens is 366 g/mol. The number of aryl methyl sites for hydroxylation is 1. The first-order chi connectivity index (χ1) is 13.4. The second-order valence-corrected chi connectivity index (χ2v) is 7.64. The third-order valence-corrected chi connectivity index (χ3v) is 5.90. The van der Waals surface area contributed by atoms with Crippen molar-refractivity contribution in [2.24, 2.45) is 12.5 Å². The molecule has 148 valence electrons. The fourth-order valence-corrected chi connectivity index (χ4v) is 4.35. The Morgan fingerprint density at radius 1 is 1.21 bits per heavy atom. The van der Waals surface area contributed by atoms with Gasteiger partial charge in [0.25, 0.3) is 5.91 Å². The molecule has 0 bridgehead atoms. The van der Waals surface area contributed by atoms with Crippen LogP contribution in [0.3, 0.4) is 0 Å². The van der Waals surface area contributed by atoms with Crippen molar-refractivity contribution in [2.45, 2.75) is 25.8 Å². The van der Waals surface area contributed by atoms with E-state index in [1.807, 2.05) is 0 Å². The summed E-state index contributed by atoms with van der Waals surface area (Å²) < 4.78 is 29.1. The third-order valence-electron chi connectivity index (χ3n) is 5.90. The molecule has 1 aromatic carbocycles. The molecule has 2 saturated heterocycles. The molecule has 1 spiro atoms. The van der Waals surface area contributed by atoms with Crippen LogP contribution in [0.1, 0.15) is 35.3 Å². The number of carbonyl (C=O) groups is 2. The average molecular weight is 388 g/mol. The lowest BCUT2D eigenvalue weighted by Crippen LogP contribution is -2.50. The molecule has 6 nitrogen and oxygen atoms in total. The van der Waals surface area contributed by atoms with E-state index in [4.69, 9.17) is 0 Å². The van der Waals surface area contributed by atoms with E-state index >= 15 is 0 Å². The zero-order chi connectivity index (χ0) is 19.9. The van der Waals surface area contributed by atoms with Crippen LogP contribution in [0.25, 0.3) is 0 Å². The maximum Gasteiger partial charge on any atom is 0.272 e. The van der Waals surface area contributed by atoms with E-state index in [-0.39, 0.29) is 23.9 Å². The summed E-state index contributed by atoms with van der Waals surface area (Å²) >= 11 is 0. The smallest absolute Gasteiger partial charge is 0.272 e. The molecule has 0 unspecified atom stereocenters. The topological polar surface area (TPSA) is 58.4 Å². The summed E-state index contributed by atoms with van der Waals surface area (Å²) in [6, 6.07) is 5.67. The molecule has 2 fully saturated rings. The zero-order valence-corrected chi connectivity index (χ0v) is 15.7. The summed E-state index contributed by atoms with van der Waals surface area (Å²) in [6.45, 7) is 1.39. The number of halogens is 2. The molecule has 2 aromatic rings. The van der Waals surface area contributed by atoms with Gasteiger partial charge >= 0.3 is 0 Å². The van der Waals surface area contributed by atoms with Gasteiger partial charge in [0.05, 0.1) is 5.41 Å². The van der Waals surface area contributed by atoms with Crippen molar-refractivity contribution in [1.29, 1.82) is 0 Å². The lowest BCUT2D eigenvalue weighted by atomic mass is 9.78. The Balaban J connectivity index is 1.51. The van der Waals surface area contributed by atoms with Gasteiger partial charge in [-0.1, -0.05) is 12.1 Å². The van der Waals surface area contributed by atoms with Gasteiger partial charge in [0.1, 0.15) is 5.69 Å². The molecule has 28 heavy (non-hydrogen) atoms. The SMILES string of the molecule is Cn1nccc1C(=O)N1CC[C@]2(CCCN(Cc3cccc(F)c3F)C2=O)C1. The first-order valence-electron chi connectivity index (χ1n) is 9.41. The van der Waals surface area contributed by atoms with Gasteiger partial charge in [-0.2, -0.15) is 5.10 Å². The number of aromatic nitrogens is 2. The van der Waals surface area contributed by atoms with E-state index in [0.29, 0.717) is 38.2 Å². The number of hydrogen-bond acceptors (Lipinski definition) is 3. The van der Waals surface area contributed by atoms with Crippen molar-refractivity contribution in [3.63, 3.8) is 0 Å². The maximum atomic E-state index is 14.0. The Bertz CT molecular complexity index is 929. The highest BCUT2D eigenvalue weighted by Gasteiger charge is 2.49. The Morgan fingerprint density at radius 2 is 2.04 bits per heavy atom. The molecule has 1 aromatic heterocycles. The maximum absolute atomic E-state index is 14.0. The molecule has 4 rings (SSSR count). The molecule has 0 aliphatic carbocycles. The van der Waals surface area contributed by atoms with Crippen molar-refractivity contribution in [1.82, 2.24) is 19.6 Å².